The predicted octanol–water partition coefficient (Wildman–Crippen LogP) is 2.28. The van der Waals surface area contributed by atoms with Crippen molar-refractivity contribution in [2.75, 3.05) is 18.9 Å². The van der Waals surface area contributed by atoms with Gasteiger partial charge in [-0.2, -0.15) is 0 Å². The average molecular weight is 249 g/mol. The second-order valence-electron chi connectivity index (χ2n) is 5.07. The minimum absolute atomic E-state index is 0.245. The van der Waals surface area contributed by atoms with E-state index in [4.69, 9.17) is 10.5 Å². The number of hydrogen-bond acceptors (Lipinski definition) is 3. The highest BCUT2D eigenvalue weighted by Crippen LogP contribution is 2.33. The van der Waals surface area contributed by atoms with Crippen molar-refractivity contribution in [3.63, 3.8) is 0 Å². The maximum Gasteiger partial charge on any atom is 0.201 e. The minimum atomic E-state index is -0.335. The Kier molecular flexibility index (Phi) is 2.52. The molecule has 1 aromatic heterocycles. The standard InChI is InChI=1S/C13H16FN3O/c1-13(6-3-7-18-8-13)17-10-5-2-4-9(14)11(10)16-12(17)15/h2,4-5H,3,6-8H2,1H3,(H2,15,16). The van der Waals surface area contributed by atoms with E-state index in [9.17, 15) is 4.39 Å². The fourth-order valence-corrected chi connectivity index (χ4v) is 2.75. The number of nitrogens with two attached hydrogens (primary N) is 1. The van der Waals surface area contributed by atoms with Crippen LogP contribution in [0.1, 0.15) is 19.8 Å². The summed E-state index contributed by atoms with van der Waals surface area (Å²) in [6, 6.07) is 4.93. The second kappa shape index (κ2) is 3.95. The summed E-state index contributed by atoms with van der Waals surface area (Å²) in [7, 11) is 0. The summed E-state index contributed by atoms with van der Waals surface area (Å²) in [5.74, 6) is 0.0152. The first-order chi connectivity index (χ1) is 8.62. The molecule has 1 aromatic carbocycles. The first-order valence-corrected chi connectivity index (χ1v) is 6.12. The molecule has 2 aromatic rings. The van der Waals surface area contributed by atoms with Crippen LogP contribution < -0.4 is 5.73 Å². The number of ether oxygens (including phenoxy) is 1. The molecular weight excluding hydrogens is 233 g/mol. The van der Waals surface area contributed by atoms with Gasteiger partial charge in [-0.25, -0.2) is 9.37 Å². The van der Waals surface area contributed by atoms with Gasteiger partial charge in [0.15, 0.2) is 5.82 Å². The van der Waals surface area contributed by atoms with Crippen LogP contribution in [-0.4, -0.2) is 22.8 Å². The summed E-state index contributed by atoms with van der Waals surface area (Å²) in [5.41, 5.74) is 6.79. The molecule has 1 aliphatic rings. The molecule has 1 atom stereocenters. The van der Waals surface area contributed by atoms with Crippen molar-refractivity contribution in [3.8, 4) is 0 Å². The van der Waals surface area contributed by atoms with E-state index in [1.807, 2.05) is 10.6 Å². The van der Waals surface area contributed by atoms with Crippen molar-refractivity contribution < 1.29 is 9.13 Å². The highest BCUT2D eigenvalue weighted by molar-refractivity contribution is 5.79. The van der Waals surface area contributed by atoms with Crippen molar-refractivity contribution in [3.05, 3.63) is 24.0 Å². The molecule has 4 nitrogen and oxygen atoms in total. The molecule has 1 fully saturated rings. The molecule has 5 heteroatoms. The highest BCUT2D eigenvalue weighted by Gasteiger charge is 2.33. The van der Waals surface area contributed by atoms with E-state index in [0.29, 0.717) is 18.1 Å². The lowest BCUT2D eigenvalue weighted by atomic mass is 9.94. The maximum atomic E-state index is 13.7. The van der Waals surface area contributed by atoms with E-state index in [0.717, 1.165) is 25.0 Å². The van der Waals surface area contributed by atoms with Gasteiger partial charge in [0.1, 0.15) is 5.52 Å². The molecule has 0 radical (unpaired) electrons. The monoisotopic (exact) mass is 249 g/mol. The van der Waals surface area contributed by atoms with Crippen molar-refractivity contribution in [1.29, 1.82) is 0 Å². The minimum Gasteiger partial charge on any atom is -0.379 e. The smallest absolute Gasteiger partial charge is 0.201 e. The van der Waals surface area contributed by atoms with E-state index in [1.165, 1.54) is 6.07 Å². The third-order valence-corrected chi connectivity index (χ3v) is 3.62. The lowest BCUT2D eigenvalue weighted by Crippen LogP contribution is -2.39. The number of fused-ring (bicyclic) bond motifs is 1. The summed E-state index contributed by atoms with van der Waals surface area (Å²) in [4.78, 5) is 4.14. The third-order valence-electron chi connectivity index (χ3n) is 3.62. The molecule has 96 valence electrons. The number of imidazole rings is 1. The van der Waals surface area contributed by atoms with Crippen molar-refractivity contribution in [1.82, 2.24) is 9.55 Å². The van der Waals surface area contributed by atoms with Gasteiger partial charge in [0, 0.05) is 6.61 Å². The molecule has 0 spiro atoms. The Bertz CT molecular complexity index is 587. The number of para-hydroxylation sites is 1. The van der Waals surface area contributed by atoms with Gasteiger partial charge in [0.2, 0.25) is 5.95 Å². The molecule has 1 unspecified atom stereocenters. The molecule has 1 aliphatic heterocycles. The SMILES string of the molecule is CC1(n2c(N)nc3c(F)cccc32)CCCOC1. The van der Waals surface area contributed by atoms with Gasteiger partial charge in [-0.1, -0.05) is 6.07 Å². The molecule has 0 saturated carbocycles. The number of anilines is 1. The number of hydrogen-bond donors (Lipinski definition) is 1. The zero-order valence-electron chi connectivity index (χ0n) is 10.3. The molecule has 0 bridgehead atoms. The number of nitrogens with zero attached hydrogens (tertiary/aromatic N) is 2. The number of benzene rings is 1. The van der Waals surface area contributed by atoms with Gasteiger partial charge in [0.05, 0.1) is 17.7 Å². The molecule has 0 aliphatic carbocycles. The fraction of sp³-hybridized carbons (Fsp3) is 0.462. The van der Waals surface area contributed by atoms with Crippen LogP contribution in [0.3, 0.4) is 0 Å². The van der Waals surface area contributed by atoms with Gasteiger partial charge < -0.3 is 15.0 Å². The van der Waals surface area contributed by atoms with Crippen LogP contribution in [0.15, 0.2) is 18.2 Å². The summed E-state index contributed by atoms with van der Waals surface area (Å²) in [6.45, 7) is 3.43. The highest BCUT2D eigenvalue weighted by atomic mass is 19.1. The lowest BCUT2D eigenvalue weighted by Gasteiger charge is -2.35. The third kappa shape index (κ3) is 1.58. The van der Waals surface area contributed by atoms with Crippen LogP contribution in [0, 0.1) is 5.82 Å². The molecule has 1 saturated heterocycles. The molecule has 2 N–H and O–H groups in total. The average Bonchev–Trinajstić information content (AvgIpc) is 2.68. The van der Waals surface area contributed by atoms with Crippen LogP contribution in [0.4, 0.5) is 10.3 Å². The number of halogens is 1. The van der Waals surface area contributed by atoms with Gasteiger partial charge in [-0.05, 0) is 31.9 Å². The Labute approximate surface area is 105 Å². The van der Waals surface area contributed by atoms with Crippen molar-refractivity contribution >= 4 is 17.0 Å². The van der Waals surface area contributed by atoms with Gasteiger partial charge in [0.25, 0.3) is 0 Å². The van der Waals surface area contributed by atoms with Crippen molar-refractivity contribution in [2.24, 2.45) is 0 Å². The largest absolute Gasteiger partial charge is 0.379 e. The summed E-state index contributed by atoms with van der Waals surface area (Å²) in [5, 5.41) is 0. The maximum absolute atomic E-state index is 13.7. The first-order valence-electron chi connectivity index (χ1n) is 6.12. The van der Waals surface area contributed by atoms with Crippen LogP contribution in [0.25, 0.3) is 11.0 Å². The van der Waals surface area contributed by atoms with Gasteiger partial charge in [-0.3, -0.25) is 0 Å². The first kappa shape index (κ1) is 11.5. The number of nitrogen functional groups attached to an aromatic ring is 1. The fourth-order valence-electron chi connectivity index (χ4n) is 2.75. The Morgan fingerprint density at radius 3 is 3.06 bits per heavy atom. The zero-order valence-corrected chi connectivity index (χ0v) is 10.3. The molecule has 2 heterocycles. The molecular formula is C13H16FN3O. The Hall–Kier alpha value is -1.62. The van der Waals surface area contributed by atoms with E-state index in [-0.39, 0.29) is 11.4 Å². The zero-order chi connectivity index (χ0) is 12.8. The summed E-state index contributed by atoms with van der Waals surface area (Å²) in [6.07, 6.45) is 1.93. The van der Waals surface area contributed by atoms with E-state index in [1.54, 1.807) is 6.07 Å². The number of rotatable bonds is 1. The van der Waals surface area contributed by atoms with Crippen molar-refractivity contribution in [2.45, 2.75) is 25.3 Å². The second-order valence-corrected chi connectivity index (χ2v) is 5.07. The quantitative estimate of drug-likeness (QED) is 0.843. The Balaban J connectivity index is 2.22. The summed E-state index contributed by atoms with van der Waals surface area (Å²) >= 11 is 0. The summed E-state index contributed by atoms with van der Waals surface area (Å²) < 4.78 is 21.2. The van der Waals surface area contributed by atoms with E-state index < -0.39 is 0 Å². The molecule has 18 heavy (non-hydrogen) atoms. The van der Waals surface area contributed by atoms with Crippen LogP contribution in [-0.2, 0) is 10.3 Å². The predicted molar refractivity (Wildman–Crippen MR) is 67.8 cm³/mol. The number of aromatic nitrogens is 2. The van der Waals surface area contributed by atoms with E-state index >= 15 is 0 Å². The van der Waals surface area contributed by atoms with Crippen LogP contribution in [0.5, 0.6) is 0 Å². The topological polar surface area (TPSA) is 53.1 Å². The van der Waals surface area contributed by atoms with Crippen LogP contribution >= 0.6 is 0 Å². The Morgan fingerprint density at radius 2 is 2.33 bits per heavy atom. The Morgan fingerprint density at radius 1 is 1.50 bits per heavy atom. The lowest BCUT2D eigenvalue weighted by molar-refractivity contribution is 0.0124. The van der Waals surface area contributed by atoms with E-state index in [2.05, 4.69) is 11.9 Å². The van der Waals surface area contributed by atoms with Gasteiger partial charge >= 0.3 is 0 Å². The molecule has 3 rings (SSSR count). The van der Waals surface area contributed by atoms with Gasteiger partial charge in [-0.15, -0.1) is 0 Å². The van der Waals surface area contributed by atoms with Crippen LogP contribution in [0.2, 0.25) is 0 Å². The normalized spacial score (nSPS) is 24.6. The molecule has 0 amide bonds.